The summed E-state index contributed by atoms with van der Waals surface area (Å²) < 4.78 is 0. The molecule has 1 aliphatic carbocycles. The second-order valence-corrected chi connectivity index (χ2v) is 4.78. The van der Waals surface area contributed by atoms with Crippen molar-refractivity contribution >= 4 is 21.5 Å². The Balaban J connectivity index is 1.86. The number of aromatic nitrogens is 1. The topological polar surface area (TPSA) is 71.2 Å². The van der Waals surface area contributed by atoms with E-state index < -0.39 is 0 Å². The molecular formula is C9H15N3OS. The Bertz CT molecular complexity index is 294. The molecule has 14 heavy (non-hydrogen) atoms. The average molecular weight is 213 g/mol. The van der Waals surface area contributed by atoms with E-state index >= 15 is 0 Å². The molecule has 4 nitrogen and oxygen atoms in total. The van der Waals surface area contributed by atoms with E-state index in [-0.39, 0.29) is 6.10 Å². The van der Waals surface area contributed by atoms with Gasteiger partial charge < -0.3 is 16.2 Å². The first kappa shape index (κ1) is 9.73. The molecule has 0 saturated heterocycles. The number of nitrogens with two attached hydrogens (primary N) is 1. The third kappa shape index (κ3) is 2.36. The molecule has 1 aromatic heterocycles. The summed E-state index contributed by atoms with van der Waals surface area (Å²) in [5, 5.41) is 14.3. The van der Waals surface area contributed by atoms with E-state index in [4.69, 9.17) is 5.73 Å². The van der Waals surface area contributed by atoms with Gasteiger partial charge in [0.15, 0.2) is 5.13 Å². The lowest BCUT2D eigenvalue weighted by molar-refractivity contribution is 0.126. The van der Waals surface area contributed by atoms with Gasteiger partial charge in [-0.1, -0.05) is 11.3 Å². The van der Waals surface area contributed by atoms with Crippen molar-refractivity contribution in [2.24, 2.45) is 0 Å². The highest BCUT2D eigenvalue weighted by Gasteiger charge is 2.19. The van der Waals surface area contributed by atoms with E-state index in [9.17, 15) is 5.11 Å². The molecule has 0 unspecified atom stereocenters. The lowest BCUT2D eigenvalue weighted by Crippen LogP contribution is -2.28. The fourth-order valence-electron chi connectivity index (χ4n) is 1.75. The highest BCUT2D eigenvalue weighted by Crippen LogP contribution is 2.25. The predicted molar refractivity (Wildman–Crippen MR) is 58.4 cm³/mol. The number of hydrogen-bond donors (Lipinski definition) is 3. The second-order valence-electron chi connectivity index (χ2n) is 3.72. The summed E-state index contributed by atoms with van der Waals surface area (Å²) in [5.74, 6) is 0. The van der Waals surface area contributed by atoms with Crippen molar-refractivity contribution in [3.63, 3.8) is 0 Å². The van der Waals surface area contributed by atoms with Crippen molar-refractivity contribution in [1.29, 1.82) is 0 Å². The lowest BCUT2D eigenvalue weighted by Gasteiger charge is -2.25. The van der Waals surface area contributed by atoms with E-state index in [0.717, 1.165) is 35.8 Å². The van der Waals surface area contributed by atoms with Gasteiger partial charge in [-0.05, 0) is 25.7 Å². The minimum atomic E-state index is -0.102. The smallest absolute Gasteiger partial charge is 0.184 e. The Morgan fingerprint density at radius 1 is 1.43 bits per heavy atom. The van der Waals surface area contributed by atoms with Gasteiger partial charge in [-0.3, -0.25) is 0 Å². The molecule has 5 heteroatoms. The molecule has 78 valence electrons. The minimum Gasteiger partial charge on any atom is -0.393 e. The molecule has 0 atom stereocenters. The van der Waals surface area contributed by atoms with Gasteiger partial charge in [0, 0.05) is 6.04 Å². The van der Waals surface area contributed by atoms with Crippen LogP contribution >= 0.6 is 11.3 Å². The third-order valence-electron chi connectivity index (χ3n) is 2.55. The van der Waals surface area contributed by atoms with E-state index in [0.29, 0.717) is 6.04 Å². The molecule has 2 rings (SSSR count). The Morgan fingerprint density at radius 3 is 2.71 bits per heavy atom. The molecule has 0 radical (unpaired) electrons. The van der Waals surface area contributed by atoms with Crippen LogP contribution in [0, 0.1) is 0 Å². The normalized spacial score (nSPS) is 27.5. The summed E-state index contributed by atoms with van der Waals surface area (Å²) in [7, 11) is 0. The molecule has 0 aliphatic heterocycles. The molecule has 0 amide bonds. The molecule has 0 aromatic carbocycles. The van der Waals surface area contributed by atoms with Crippen molar-refractivity contribution in [2.75, 3.05) is 11.1 Å². The lowest BCUT2D eigenvalue weighted by atomic mass is 9.93. The predicted octanol–water partition coefficient (Wildman–Crippen LogP) is 1.44. The molecule has 1 heterocycles. The van der Waals surface area contributed by atoms with Gasteiger partial charge in [0.1, 0.15) is 5.00 Å². The van der Waals surface area contributed by atoms with Gasteiger partial charge in [0.2, 0.25) is 0 Å². The number of nitrogens with zero attached hydrogens (tertiary/aromatic N) is 1. The monoisotopic (exact) mass is 213 g/mol. The molecular weight excluding hydrogens is 198 g/mol. The van der Waals surface area contributed by atoms with Crippen molar-refractivity contribution in [3.05, 3.63) is 6.20 Å². The summed E-state index contributed by atoms with van der Waals surface area (Å²) in [6, 6.07) is 0.448. The highest BCUT2D eigenvalue weighted by atomic mass is 32.1. The third-order valence-corrected chi connectivity index (χ3v) is 3.31. The Kier molecular flexibility index (Phi) is 2.88. The zero-order valence-electron chi connectivity index (χ0n) is 7.94. The summed E-state index contributed by atoms with van der Waals surface area (Å²) in [6.07, 6.45) is 5.37. The largest absolute Gasteiger partial charge is 0.393 e. The van der Waals surface area contributed by atoms with E-state index in [1.165, 1.54) is 11.3 Å². The number of aliphatic hydroxyl groups excluding tert-OH is 1. The Labute approximate surface area is 87.2 Å². The first-order chi connectivity index (χ1) is 6.74. The van der Waals surface area contributed by atoms with Crippen LogP contribution < -0.4 is 11.1 Å². The van der Waals surface area contributed by atoms with Gasteiger partial charge in [-0.15, -0.1) is 0 Å². The Hall–Kier alpha value is -0.810. The van der Waals surface area contributed by atoms with Crippen LogP contribution in [0.5, 0.6) is 0 Å². The molecule has 0 spiro atoms. The van der Waals surface area contributed by atoms with Crippen LogP contribution in [0.3, 0.4) is 0 Å². The van der Waals surface area contributed by atoms with Crippen molar-refractivity contribution < 1.29 is 5.11 Å². The second kappa shape index (κ2) is 4.14. The van der Waals surface area contributed by atoms with Crippen LogP contribution in [0.1, 0.15) is 25.7 Å². The number of thiazole rings is 1. The zero-order valence-corrected chi connectivity index (χ0v) is 8.76. The number of rotatable bonds is 2. The first-order valence-electron chi connectivity index (χ1n) is 4.90. The van der Waals surface area contributed by atoms with E-state index in [2.05, 4.69) is 10.3 Å². The zero-order chi connectivity index (χ0) is 9.97. The van der Waals surface area contributed by atoms with Gasteiger partial charge in [0.25, 0.3) is 0 Å². The van der Waals surface area contributed by atoms with E-state index in [1.807, 2.05) is 0 Å². The number of nitrogen functional groups attached to an aromatic ring is 1. The summed E-state index contributed by atoms with van der Waals surface area (Å²) in [5.41, 5.74) is 5.58. The fraction of sp³-hybridized carbons (Fsp3) is 0.667. The Morgan fingerprint density at radius 2 is 2.14 bits per heavy atom. The van der Waals surface area contributed by atoms with Gasteiger partial charge in [-0.2, -0.15) is 0 Å². The quantitative estimate of drug-likeness (QED) is 0.695. The van der Waals surface area contributed by atoms with Crippen molar-refractivity contribution in [2.45, 2.75) is 37.8 Å². The first-order valence-corrected chi connectivity index (χ1v) is 5.71. The highest BCUT2D eigenvalue weighted by molar-refractivity contribution is 7.19. The maximum Gasteiger partial charge on any atom is 0.184 e. The molecule has 1 saturated carbocycles. The molecule has 0 bridgehead atoms. The van der Waals surface area contributed by atoms with Crippen LogP contribution in [-0.2, 0) is 0 Å². The number of anilines is 2. The molecule has 1 fully saturated rings. The van der Waals surface area contributed by atoms with Crippen LogP contribution in [0.15, 0.2) is 6.20 Å². The number of hydrogen-bond acceptors (Lipinski definition) is 5. The molecule has 1 aliphatic rings. The maximum absolute atomic E-state index is 9.34. The van der Waals surface area contributed by atoms with Crippen molar-refractivity contribution in [3.8, 4) is 0 Å². The van der Waals surface area contributed by atoms with Crippen molar-refractivity contribution in [1.82, 2.24) is 4.98 Å². The maximum atomic E-state index is 9.34. The van der Waals surface area contributed by atoms with Gasteiger partial charge >= 0.3 is 0 Å². The fourth-order valence-corrected chi connectivity index (χ4v) is 2.41. The summed E-state index contributed by atoms with van der Waals surface area (Å²) >= 11 is 1.48. The van der Waals surface area contributed by atoms with E-state index in [1.54, 1.807) is 6.20 Å². The summed E-state index contributed by atoms with van der Waals surface area (Å²) in [4.78, 5) is 4.15. The minimum absolute atomic E-state index is 0.102. The van der Waals surface area contributed by atoms with Crippen LogP contribution in [0.25, 0.3) is 0 Å². The molecule has 1 aromatic rings. The average Bonchev–Trinajstić information content (AvgIpc) is 2.56. The summed E-state index contributed by atoms with van der Waals surface area (Å²) in [6.45, 7) is 0. The van der Waals surface area contributed by atoms with Crippen LogP contribution in [-0.4, -0.2) is 22.2 Å². The van der Waals surface area contributed by atoms with Gasteiger partial charge in [-0.25, -0.2) is 4.98 Å². The van der Waals surface area contributed by atoms with Gasteiger partial charge in [0.05, 0.1) is 12.3 Å². The van der Waals surface area contributed by atoms with Crippen LogP contribution in [0.2, 0.25) is 0 Å². The number of nitrogens with one attached hydrogen (secondary N) is 1. The SMILES string of the molecule is Nc1cnc(NC2CCC(O)CC2)s1. The standard InChI is InChI=1S/C9H15N3OS/c10-8-5-11-9(14-8)12-6-1-3-7(13)4-2-6/h5-7,13H,1-4,10H2,(H,11,12). The molecule has 4 N–H and O–H groups in total. The number of aliphatic hydroxyl groups is 1. The van der Waals surface area contributed by atoms with Crippen LogP contribution in [0.4, 0.5) is 10.1 Å².